The van der Waals surface area contributed by atoms with E-state index in [1.54, 1.807) is 0 Å². The topological polar surface area (TPSA) is 21.3 Å². The van der Waals surface area contributed by atoms with E-state index in [1.807, 2.05) is 0 Å². The zero-order chi connectivity index (χ0) is 13.9. The van der Waals surface area contributed by atoms with Crippen LogP contribution in [0.15, 0.2) is 0 Å². The molecule has 0 aliphatic heterocycles. The molecule has 0 spiro atoms. The molecule has 0 bridgehead atoms. The summed E-state index contributed by atoms with van der Waals surface area (Å²) in [5.41, 5.74) is 0. The molecule has 2 unspecified atom stereocenters. The van der Waals surface area contributed by atoms with Gasteiger partial charge in [-0.15, -0.1) is 0 Å². The molecular formula is C17H35NO. The summed E-state index contributed by atoms with van der Waals surface area (Å²) >= 11 is 0. The molecule has 0 aromatic heterocycles. The Morgan fingerprint density at radius 1 is 1.00 bits per heavy atom. The summed E-state index contributed by atoms with van der Waals surface area (Å²) in [6.07, 6.45) is 14.3. The van der Waals surface area contributed by atoms with Crippen LogP contribution in [-0.2, 0) is 4.74 Å². The Balaban J connectivity index is 2.00. The Bertz CT molecular complexity index is 201. The molecule has 2 nitrogen and oxygen atoms in total. The smallest absolute Gasteiger partial charge is 0.0675 e. The predicted octanol–water partition coefficient (Wildman–Crippen LogP) is 4.67. The fourth-order valence-electron chi connectivity index (χ4n) is 3.01. The highest BCUT2D eigenvalue weighted by Gasteiger charge is 2.14. The van der Waals surface area contributed by atoms with E-state index in [-0.39, 0.29) is 0 Å². The van der Waals surface area contributed by atoms with Gasteiger partial charge in [-0.1, -0.05) is 51.9 Å². The van der Waals surface area contributed by atoms with E-state index in [2.05, 4.69) is 26.1 Å². The van der Waals surface area contributed by atoms with Crippen LogP contribution >= 0.6 is 0 Å². The molecule has 0 saturated heterocycles. The Labute approximate surface area is 120 Å². The van der Waals surface area contributed by atoms with Crippen molar-refractivity contribution in [2.45, 2.75) is 103 Å². The van der Waals surface area contributed by atoms with Crippen molar-refractivity contribution in [2.24, 2.45) is 0 Å². The van der Waals surface area contributed by atoms with Crippen LogP contribution in [0.3, 0.4) is 0 Å². The second-order valence-corrected chi connectivity index (χ2v) is 6.35. The predicted molar refractivity (Wildman–Crippen MR) is 83.6 cm³/mol. The van der Waals surface area contributed by atoms with Crippen LogP contribution in [0.2, 0.25) is 0 Å². The maximum Gasteiger partial charge on any atom is 0.0675 e. The third-order valence-electron chi connectivity index (χ3n) is 4.23. The molecule has 1 N–H and O–H groups in total. The van der Waals surface area contributed by atoms with E-state index in [0.717, 1.165) is 12.6 Å². The quantitative estimate of drug-likeness (QED) is 0.582. The zero-order valence-corrected chi connectivity index (χ0v) is 13.4. The van der Waals surface area contributed by atoms with E-state index < -0.39 is 0 Å². The monoisotopic (exact) mass is 269 g/mol. The molecule has 1 fully saturated rings. The molecule has 2 heteroatoms. The number of hydrogen-bond acceptors (Lipinski definition) is 2. The van der Waals surface area contributed by atoms with E-state index in [9.17, 15) is 0 Å². The van der Waals surface area contributed by atoms with Gasteiger partial charge in [0.1, 0.15) is 0 Å². The summed E-state index contributed by atoms with van der Waals surface area (Å²) in [6, 6.07) is 0.750. The van der Waals surface area contributed by atoms with Gasteiger partial charge in [-0.25, -0.2) is 0 Å². The standard InChI is InChI=1S/C17H35NO/c1-4-5-6-8-11-15(2)19-16(3)14-18-17-12-9-7-10-13-17/h15-18H,4-14H2,1-3H3. The van der Waals surface area contributed by atoms with Gasteiger partial charge in [0, 0.05) is 12.6 Å². The van der Waals surface area contributed by atoms with Gasteiger partial charge in [0.2, 0.25) is 0 Å². The van der Waals surface area contributed by atoms with Crippen LogP contribution < -0.4 is 5.32 Å². The minimum Gasteiger partial charge on any atom is -0.374 e. The minimum absolute atomic E-state index is 0.350. The van der Waals surface area contributed by atoms with Crippen LogP contribution in [-0.4, -0.2) is 24.8 Å². The van der Waals surface area contributed by atoms with Crippen molar-refractivity contribution in [1.29, 1.82) is 0 Å². The lowest BCUT2D eigenvalue weighted by atomic mass is 9.95. The fourth-order valence-corrected chi connectivity index (χ4v) is 3.01. The first-order chi connectivity index (χ1) is 9.22. The Morgan fingerprint density at radius 3 is 2.42 bits per heavy atom. The van der Waals surface area contributed by atoms with Crippen molar-refractivity contribution >= 4 is 0 Å². The van der Waals surface area contributed by atoms with Gasteiger partial charge in [0.15, 0.2) is 0 Å². The molecule has 0 amide bonds. The summed E-state index contributed by atoms with van der Waals surface area (Å²) in [6.45, 7) is 7.71. The van der Waals surface area contributed by atoms with Gasteiger partial charge >= 0.3 is 0 Å². The van der Waals surface area contributed by atoms with E-state index in [0.29, 0.717) is 12.2 Å². The first kappa shape index (κ1) is 17.0. The molecule has 0 heterocycles. The van der Waals surface area contributed by atoms with Gasteiger partial charge in [-0.05, 0) is 33.1 Å². The van der Waals surface area contributed by atoms with Gasteiger partial charge < -0.3 is 10.1 Å². The highest BCUT2D eigenvalue weighted by atomic mass is 16.5. The SMILES string of the molecule is CCCCCCC(C)OC(C)CNC1CCCCC1. The maximum absolute atomic E-state index is 6.06. The van der Waals surface area contributed by atoms with Crippen molar-refractivity contribution in [3.8, 4) is 0 Å². The maximum atomic E-state index is 6.06. The lowest BCUT2D eigenvalue weighted by Crippen LogP contribution is -2.37. The minimum atomic E-state index is 0.350. The van der Waals surface area contributed by atoms with Gasteiger partial charge in [-0.2, -0.15) is 0 Å². The molecular weight excluding hydrogens is 234 g/mol. The molecule has 1 aliphatic rings. The number of nitrogens with one attached hydrogen (secondary N) is 1. The molecule has 19 heavy (non-hydrogen) atoms. The normalized spacial score (nSPS) is 20.4. The molecule has 1 aliphatic carbocycles. The number of hydrogen-bond donors (Lipinski definition) is 1. The number of rotatable bonds is 10. The molecule has 0 radical (unpaired) electrons. The summed E-state index contributed by atoms with van der Waals surface area (Å²) < 4.78 is 6.06. The van der Waals surface area contributed by atoms with Crippen LogP contribution in [0.5, 0.6) is 0 Å². The largest absolute Gasteiger partial charge is 0.374 e. The lowest BCUT2D eigenvalue weighted by Gasteiger charge is -2.26. The van der Waals surface area contributed by atoms with Crippen LogP contribution in [0.4, 0.5) is 0 Å². The third-order valence-corrected chi connectivity index (χ3v) is 4.23. The third kappa shape index (κ3) is 8.65. The van der Waals surface area contributed by atoms with Crippen molar-refractivity contribution in [3.63, 3.8) is 0 Å². The first-order valence-corrected chi connectivity index (χ1v) is 8.61. The number of unbranched alkanes of at least 4 members (excludes halogenated alkanes) is 3. The molecule has 0 aromatic carbocycles. The first-order valence-electron chi connectivity index (χ1n) is 8.61. The Morgan fingerprint density at radius 2 is 1.74 bits per heavy atom. The Kier molecular flexibility index (Phi) is 9.54. The van der Waals surface area contributed by atoms with Crippen molar-refractivity contribution in [2.75, 3.05) is 6.54 Å². The van der Waals surface area contributed by atoms with Crippen molar-refractivity contribution in [1.82, 2.24) is 5.32 Å². The van der Waals surface area contributed by atoms with E-state index in [4.69, 9.17) is 4.74 Å². The summed E-state index contributed by atoms with van der Waals surface area (Å²) in [7, 11) is 0. The molecule has 2 atom stereocenters. The number of ether oxygens (including phenoxy) is 1. The van der Waals surface area contributed by atoms with Crippen molar-refractivity contribution < 1.29 is 4.74 Å². The van der Waals surface area contributed by atoms with Crippen LogP contribution in [0.1, 0.15) is 85.0 Å². The van der Waals surface area contributed by atoms with Gasteiger partial charge in [-0.3, -0.25) is 0 Å². The Hall–Kier alpha value is -0.0800. The second kappa shape index (κ2) is 10.7. The van der Waals surface area contributed by atoms with Crippen LogP contribution in [0.25, 0.3) is 0 Å². The molecule has 1 saturated carbocycles. The summed E-state index contributed by atoms with van der Waals surface area (Å²) in [5, 5.41) is 3.68. The van der Waals surface area contributed by atoms with E-state index in [1.165, 1.54) is 64.2 Å². The summed E-state index contributed by atoms with van der Waals surface area (Å²) in [4.78, 5) is 0. The average molecular weight is 269 g/mol. The highest BCUT2D eigenvalue weighted by Crippen LogP contribution is 2.17. The van der Waals surface area contributed by atoms with Gasteiger partial charge in [0.05, 0.1) is 12.2 Å². The highest BCUT2D eigenvalue weighted by molar-refractivity contribution is 4.73. The van der Waals surface area contributed by atoms with Gasteiger partial charge in [0.25, 0.3) is 0 Å². The van der Waals surface area contributed by atoms with Crippen LogP contribution in [0, 0.1) is 0 Å². The molecule has 0 aromatic rings. The second-order valence-electron chi connectivity index (χ2n) is 6.35. The lowest BCUT2D eigenvalue weighted by molar-refractivity contribution is 0.00192. The van der Waals surface area contributed by atoms with Crippen molar-refractivity contribution in [3.05, 3.63) is 0 Å². The average Bonchev–Trinajstić information content (AvgIpc) is 2.42. The molecule has 114 valence electrons. The summed E-state index contributed by atoms with van der Waals surface area (Å²) in [5.74, 6) is 0. The molecule has 1 rings (SSSR count). The fraction of sp³-hybridized carbons (Fsp3) is 1.00. The van der Waals surface area contributed by atoms with E-state index >= 15 is 0 Å². The zero-order valence-electron chi connectivity index (χ0n) is 13.4.